The molecule has 5 nitrogen and oxygen atoms in total. The molecule has 2 atom stereocenters. The minimum absolute atomic E-state index is 0.0620. The van der Waals surface area contributed by atoms with Gasteiger partial charge in [0.2, 0.25) is 0 Å². The van der Waals surface area contributed by atoms with Gasteiger partial charge in [0.1, 0.15) is 5.78 Å². The molecule has 1 N–H and O–H groups in total. The van der Waals surface area contributed by atoms with E-state index in [1.54, 1.807) is 12.4 Å². The zero-order chi connectivity index (χ0) is 21.9. The van der Waals surface area contributed by atoms with Crippen LogP contribution in [0.2, 0.25) is 0 Å². The third kappa shape index (κ3) is 4.42. The number of pyridine rings is 2. The number of benzene rings is 2. The number of carbonyl (C=O) groups excluding carboxylic acids is 2. The SMILES string of the molecule is O=C(NCc1ccccn1)c1ccc([C@H]2C[C@@H]2C(=O)Cc2ccc3cnccc3c2)cc1. The molecular weight excluding hydrogens is 398 g/mol. The summed E-state index contributed by atoms with van der Waals surface area (Å²) in [6, 6.07) is 21.3. The Morgan fingerprint density at radius 1 is 0.938 bits per heavy atom. The number of ketones is 1. The highest BCUT2D eigenvalue weighted by atomic mass is 16.1. The summed E-state index contributed by atoms with van der Waals surface area (Å²) in [7, 11) is 0. The van der Waals surface area contributed by atoms with Crippen molar-refractivity contribution in [1.29, 1.82) is 0 Å². The fraction of sp³-hybridized carbons (Fsp3) is 0.185. The summed E-state index contributed by atoms with van der Waals surface area (Å²) in [4.78, 5) is 33.5. The van der Waals surface area contributed by atoms with Gasteiger partial charge in [-0.3, -0.25) is 19.6 Å². The fourth-order valence-corrected chi connectivity index (χ4v) is 4.15. The monoisotopic (exact) mass is 421 g/mol. The van der Waals surface area contributed by atoms with E-state index in [4.69, 9.17) is 0 Å². The standard InChI is InChI=1S/C27H23N3O2/c31-26(14-18-4-5-22-16-28-12-10-21(22)13-18)25-15-24(25)19-6-8-20(9-7-19)27(32)30-17-23-3-1-2-11-29-23/h1-13,16,24-25H,14-15,17H2,(H,30,32)/t24-,25+/m1/s1. The molecule has 32 heavy (non-hydrogen) atoms. The average molecular weight is 422 g/mol. The van der Waals surface area contributed by atoms with Crippen LogP contribution in [0, 0.1) is 5.92 Å². The first-order valence-electron chi connectivity index (χ1n) is 10.8. The second kappa shape index (κ2) is 8.71. The van der Waals surface area contributed by atoms with E-state index < -0.39 is 0 Å². The van der Waals surface area contributed by atoms with Crippen molar-refractivity contribution in [3.05, 3.63) is 108 Å². The van der Waals surface area contributed by atoms with Crippen LogP contribution in [-0.2, 0) is 17.8 Å². The van der Waals surface area contributed by atoms with Gasteiger partial charge in [-0.25, -0.2) is 0 Å². The van der Waals surface area contributed by atoms with Gasteiger partial charge >= 0.3 is 0 Å². The lowest BCUT2D eigenvalue weighted by Gasteiger charge is -2.06. The Bertz CT molecular complexity index is 1270. The third-order valence-electron chi connectivity index (χ3n) is 6.04. The molecule has 0 bridgehead atoms. The molecule has 158 valence electrons. The van der Waals surface area contributed by atoms with Crippen LogP contribution in [0.5, 0.6) is 0 Å². The van der Waals surface area contributed by atoms with Crippen molar-refractivity contribution in [1.82, 2.24) is 15.3 Å². The van der Waals surface area contributed by atoms with Crippen LogP contribution in [0.1, 0.15) is 39.5 Å². The minimum Gasteiger partial charge on any atom is -0.346 e. The van der Waals surface area contributed by atoms with Crippen LogP contribution in [0.4, 0.5) is 0 Å². The molecule has 0 unspecified atom stereocenters. The summed E-state index contributed by atoms with van der Waals surface area (Å²) >= 11 is 0. The zero-order valence-corrected chi connectivity index (χ0v) is 17.6. The van der Waals surface area contributed by atoms with Crippen molar-refractivity contribution in [2.75, 3.05) is 0 Å². The second-order valence-corrected chi connectivity index (χ2v) is 8.27. The van der Waals surface area contributed by atoms with Crippen LogP contribution >= 0.6 is 0 Å². The summed E-state index contributed by atoms with van der Waals surface area (Å²) in [6.45, 7) is 0.395. The molecule has 1 saturated carbocycles. The fourth-order valence-electron chi connectivity index (χ4n) is 4.15. The molecular formula is C27H23N3O2. The number of nitrogens with one attached hydrogen (secondary N) is 1. The maximum Gasteiger partial charge on any atom is 0.251 e. The molecule has 5 rings (SSSR count). The molecule has 2 aromatic heterocycles. The van der Waals surface area contributed by atoms with Gasteiger partial charge in [-0.2, -0.15) is 0 Å². The molecule has 1 aliphatic carbocycles. The van der Waals surface area contributed by atoms with Gasteiger partial charge in [0.15, 0.2) is 0 Å². The van der Waals surface area contributed by atoms with Crippen LogP contribution in [0.25, 0.3) is 10.8 Å². The van der Waals surface area contributed by atoms with E-state index in [0.717, 1.165) is 34.0 Å². The number of fused-ring (bicyclic) bond motifs is 1. The highest BCUT2D eigenvalue weighted by Crippen LogP contribution is 2.48. The second-order valence-electron chi connectivity index (χ2n) is 8.27. The molecule has 0 aliphatic heterocycles. The van der Waals surface area contributed by atoms with Crippen molar-refractivity contribution in [2.45, 2.75) is 25.3 Å². The van der Waals surface area contributed by atoms with E-state index in [-0.39, 0.29) is 23.5 Å². The Labute approximate surface area is 186 Å². The number of hydrogen-bond donors (Lipinski definition) is 1. The molecule has 2 heterocycles. The summed E-state index contributed by atoms with van der Waals surface area (Å²) in [5.41, 5.74) is 3.59. The lowest BCUT2D eigenvalue weighted by molar-refractivity contribution is -0.119. The maximum absolute atomic E-state index is 12.8. The van der Waals surface area contributed by atoms with Crippen LogP contribution in [0.3, 0.4) is 0 Å². The predicted molar refractivity (Wildman–Crippen MR) is 123 cm³/mol. The smallest absolute Gasteiger partial charge is 0.251 e. The highest BCUT2D eigenvalue weighted by Gasteiger charge is 2.43. The molecule has 0 radical (unpaired) electrons. The van der Waals surface area contributed by atoms with Crippen LogP contribution in [0.15, 0.2) is 85.3 Å². The van der Waals surface area contributed by atoms with E-state index in [9.17, 15) is 9.59 Å². The quantitative estimate of drug-likeness (QED) is 0.478. The van der Waals surface area contributed by atoms with Crippen molar-refractivity contribution in [3.63, 3.8) is 0 Å². The van der Waals surface area contributed by atoms with Gasteiger partial charge in [-0.1, -0.05) is 36.4 Å². The Kier molecular flexibility index (Phi) is 5.46. The van der Waals surface area contributed by atoms with Crippen molar-refractivity contribution < 1.29 is 9.59 Å². The van der Waals surface area contributed by atoms with Gasteiger partial charge in [-0.15, -0.1) is 0 Å². The molecule has 4 aromatic rings. The van der Waals surface area contributed by atoms with E-state index in [1.165, 1.54) is 0 Å². The predicted octanol–water partition coefficient (Wildman–Crippen LogP) is 4.48. The number of nitrogens with zero attached hydrogens (tertiary/aromatic N) is 2. The van der Waals surface area contributed by atoms with Crippen molar-refractivity contribution in [3.8, 4) is 0 Å². The minimum atomic E-state index is -0.128. The molecule has 2 aromatic carbocycles. The maximum atomic E-state index is 12.8. The Morgan fingerprint density at radius 2 is 1.81 bits per heavy atom. The number of amides is 1. The molecule has 5 heteroatoms. The zero-order valence-electron chi connectivity index (χ0n) is 17.6. The molecule has 1 amide bonds. The number of carbonyl (C=O) groups is 2. The first-order valence-corrected chi connectivity index (χ1v) is 10.8. The number of aromatic nitrogens is 2. The van der Waals surface area contributed by atoms with E-state index in [1.807, 2.05) is 66.9 Å². The largest absolute Gasteiger partial charge is 0.346 e. The molecule has 1 aliphatic rings. The average Bonchev–Trinajstić information content (AvgIpc) is 3.64. The summed E-state index contributed by atoms with van der Waals surface area (Å²) in [5.74, 6) is 0.461. The van der Waals surface area contributed by atoms with Crippen molar-refractivity contribution in [2.24, 2.45) is 5.92 Å². The van der Waals surface area contributed by atoms with E-state index in [2.05, 4.69) is 21.4 Å². The third-order valence-corrected chi connectivity index (χ3v) is 6.04. The van der Waals surface area contributed by atoms with E-state index in [0.29, 0.717) is 18.5 Å². The number of hydrogen-bond acceptors (Lipinski definition) is 4. The summed E-state index contributed by atoms with van der Waals surface area (Å²) < 4.78 is 0. The van der Waals surface area contributed by atoms with Gasteiger partial charge in [0.05, 0.1) is 12.2 Å². The first-order chi connectivity index (χ1) is 15.7. The van der Waals surface area contributed by atoms with Gasteiger partial charge in [-0.05, 0) is 59.2 Å². The highest BCUT2D eigenvalue weighted by molar-refractivity contribution is 5.94. The van der Waals surface area contributed by atoms with E-state index >= 15 is 0 Å². The lowest BCUT2D eigenvalue weighted by Crippen LogP contribution is -2.23. The molecule has 0 saturated heterocycles. The summed E-state index contributed by atoms with van der Waals surface area (Å²) in [6.07, 6.45) is 6.64. The van der Waals surface area contributed by atoms with Crippen molar-refractivity contribution >= 4 is 22.5 Å². The van der Waals surface area contributed by atoms with Gasteiger partial charge in [0.25, 0.3) is 5.91 Å². The van der Waals surface area contributed by atoms with Gasteiger partial charge < -0.3 is 5.32 Å². The Balaban J connectivity index is 1.17. The Hall–Kier alpha value is -3.86. The van der Waals surface area contributed by atoms with Gasteiger partial charge in [0, 0.05) is 41.9 Å². The lowest BCUT2D eigenvalue weighted by atomic mass is 10.00. The molecule has 0 spiro atoms. The van der Waals surface area contributed by atoms with Crippen LogP contribution < -0.4 is 5.32 Å². The first kappa shape index (κ1) is 20.1. The Morgan fingerprint density at radius 3 is 2.62 bits per heavy atom. The summed E-state index contributed by atoms with van der Waals surface area (Å²) in [5, 5.41) is 5.07. The topological polar surface area (TPSA) is 72.0 Å². The van der Waals surface area contributed by atoms with Crippen LogP contribution in [-0.4, -0.2) is 21.7 Å². The normalized spacial score (nSPS) is 17.1. The number of Topliss-reactive ketones (excluding diaryl/α,β-unsaturated/α-hetero) is 1. The molecule has 1 fully saturated rings. The number of rotatable bonds is 7.